The third kappa shape index (κ3) is 1.66. The van der Waals surface area contributed by atoms with E-state index in [-0.39, 0.29) is 12.3 Å². The molecule has 1 saturated carbocycles. The number of aliphatic hydroxyl groups is 1. The second-order valence-corrected chi connectivity index (χ2v) is 3.33. The Hall–Kier alpha value is -0.0800. The van der Waals surface area contributed by atoms with E-state index in [0.717, 1.165) is 5.92 Å². The lowest BCUT2D eigenvalue weighted by Gasteiger charge is -2.24. The van der Waals surface area contributed by atoms with E-state index >= 15 is 0 Å². The Balaban J connectivity index is 2.30. The van der Waals surface area contributed by atoms with Crippen LogP contribution < -0.4 is 5.32 Å². The van der Waals surface area contributed by atoms with E-state index in [1.54, 1.807) is 0 Å². The average molecular weight is 129 g/mol. The molecule has 2 N–H and O–H groups in total. The molecular weight excluding hydrogens is 114 g/mol. The summed E-state index contributed by atoms with van der Waals surface area (Å²) in [6.45, 7) is 4.38. The summed E-state index contributed by atoms with van der Waals surface area (Å²) < 4.78 is 0. The number of aliphatic hydroxyl groups excluding tert-OH is 1. The van der Waals surface area contributed by atoms with Gasteiger partial charge in [-0.3, -0.25) is 5.32 Å². The van der Waals surface area contributed by atoms with Crippen molar-refractivity contribution in [2.45, 2.75) is 32.2 Å². The van der Waals surface area contributed by atoms with Gasteiger partial charge >= 0.3 is 0 Å². The SMILES string of the molecule is CC(C)(NCO)C1CC1. The van der Waals surface area contributed by atoms with Gasteiger partial charge in [-0.2, -0.15) is 0 Å². The summed E-state index contributed by atoms with van der Waals surface area (Å²) in [6, 6.07) is 0. The van der Waals surface area contributed by atoms with Gasteiger partial charge in [0.05, 0.1) is 6.73 Å². The van der Waals surface area contributed by atoms with Crippen LogP contribution in [0.15, 0.2) is 0 Å². The average Bonchev–Trinajstić information content (AvgIpc) is 2.41. The van der Waals surface area contributed by atoms with Crippen LogP contribution >= 0.6 is 0 Å². The van der Waals surface area contributed by atoms with Crippen molar-refractivity contribution in [1.82, 2.24) is 5.32 Å². The molecule has 0 aromatic rings. The fourth-order valence-electron chi connectivity index (χ4n) is 1.15. The molecular formula is C7H15NO. The van der Waals surface area contributed by atoms with E-state index in [0.29, 0.717) is 0 Å². The number of rotatable bonds is 3. The molecule has 0 radical (unpaired) electrons. The summed E-state index contributed by atoms with van der Waals surface area (Å²) in [5.74, 6) is 0.796. The van der Waals surface area contributed by atoms with Crippen LogP contribution in [0, 0.1) is 5.92 Å². The minimum atomic E-state index is 0.101. The monoisotopic (exact) mass is 129 g/mol. The van der Waals surface area contributed by atoms with Gasteiger partial charge in [0.1, 0.15) is 0 Å². The van der Waals surface area contributed by atoms with Gasteiger partial charge in [-0.05, 0) is 32.6 Å². The van der Waals surface area contributed by atoms with E-state index in [9.17, 15) is 0 Å². The van der Waals surface area contributed by atoms with Gasteiger partial charge < -0.3 is 5.11 Å². The smallest absolute Gasteiger partial charge is 0.0935 e. The normalized spacial score (nSPS) is 20.3. The maximum atomic E-state index is 8.57. The molecule has 1 rings (SSSR count). The molecule has 54 valence electrons. The van der Waals surface area contributed by atoms with Crippen molar-refractivity contribution in [3.63, 3.8) is 0 Å². The highest BCUT2D eigenvalue weighted by molar-refractivity contribution is 4.93. The Morgan fingerprint density at radius 3 is 2.44 bits per heavy atom. The Morgan fingerprint density at radius 1 is 1.56 bits per heavy atom. The fourth-order valence-corrected chi connectivity index (χ4v) is 1.15. The molecule has 0 unspecified atom stereocenters. The highest BCUT2D eigenvalue weighted by atomic mass is 16.3. The van der Waals surface area contributed by atoms with Crippen LogP contribution in [0.3, 0.4) is 0 Å². The quantitative estimate of drug-likeness (QED) is 0.550. The van der Waals surface area contributed by atoms with Crippen molar-refractivity contribution in [1.29, 1.82) is 0 Å². The molecule has 0 spiro atoms. The zero-order valence-corrected chi connectivity index (χ0v) is 6.15. The summed E-state index contributed by atoms with van der Waals surface area (Å²) in [5, 5.41) is 11.6. The first-order valence-electron chi connectivity index (χ1n) is 3.52. The van der Waals surface area contributed by atoms with Crippen LogP contribution in [-0.2, 0) is 0 Å². The first kappa shape index (κ1) is 7.03. The molecule has 1 aliphatic carbocycles. The standard InChI is InChI=1S/C7H15NO/c1-7(2,8-5-9)6-3-4-6/h6,8-9H,3-5H2,1-2H3. The molecule has 1 fully saturated rings. The van der Waals surface area contributed by atoms with Gasteiger partial charge in [-0.1, -0.05) is 0 Å². The van der Waals surface area contributed by atoms with Gasteiger partial charge in [0.15, 0.2) is 0 Å². The van der Waals surface area contributed by atoms with Gasteiger partial charge in [0.2, 0.25) is 0 Å². The van der Waals surface area contributed by atoms with Crippen molar-refractivity contribution >= 4 is 0 Å². The third-order valence-electron chi connectivity index (χ3n) is 2.13. The van der Waals surface area contributed by atoms with E-state index in [4.69, 9.17) is 5.11 Å². The van der Waals surface area contributed by atoms with E-state index in [2.05, 4.69) is 19.2 Å². The largest absolute Gasteiger partial charge is 0.381 e. The Labute approximate surface area is 56.3 Å². The van der Waals surface area contributed by atoms with Gasteiger partial charge in [-0.25, -0.2) is 0 Å². The number of hydrogen-bond donors (Lipinski definition) is 2. The van der Waals surface area contributed by atoms with Crippen molar-refractivity contribution in [3.05, 3.63) is 0 Å². The summed E-state index contributed by atoms with van der Waals surface area (Å²) in [7, 11) is 0. The van der Waals surface area contributed by atoms with Crippen LogP contribution in [0.5, 0.6) is 0 Å². The van der Waals surface area contributed by atoms with Crippen molar-refractivity contribution in [2.75, 3.05) is 6.73 Å². The lowest BCUT2D eigenvalue weighted by atomic mass is 9.99. The van der Waals surface area contributed by atoms with E-state index in [1.807, 2.05) is 0 Å². The number of hydrogen-bond acceptors (Lipinski definition) is 2. The molecule has 0 atom stereocenters. The van der Waals surface area contributed by atoms with E-state index < -0.39 is 0 Å². The minimum Gasteiger partial charge on any atom is -0.381 e. The molecule has 0 saturated heterocycles. The maximum Gasteiger partial charge on any atom is 0.0935 e. The minimum absolute atomic E-state index is 0.101. The van der Waals surface area contributed by atoms with Crippen LogP contribution in [-0.4, -0.2) is 17.4 Å². The Morgan fingerprint density at radius 2 is 2.11 bits per heavy atom. The highest BCUT2D eigenvalue weighted by Crippen LogP contribution is 2.38. The molecule has 2 heteroatoms. The van der Waals surface area contributed by atoms with Crippen LogP contribution in [0.2, 0.25) is 0 Å². The van der Waals surface area contributed by atoms with Crippen LogP contribution in [0.25, 0.3) is 0 Å². The summed E-state index contributed by atoms with van der Waals surface area (Å²) in [4.78, 5) is 0. The Bertz CT molecular complexity index is 97.1. The maximum absolute atomic E-state index is 8.57. The van der Waals surface area contributed by atoms with Crippen LogP contribution in [0.4, 0.5) is 0 Å². The Kier molecular flexibility index (Phi) is 1.78. The molecule has 0 amide bonds. The molecule has 0 aromatic carbocycles. The first-order valence-corrected chi connectivity index (χ1v) is 3.52. The zero-order chi connectivity index (χ0) is 6.91. The third-order valence-corrected chi connectivity index (χ3v) is 2.13. The topological polar surface area (TPSA) is 32.3 Å². The number of nitrogens with one attached hydrogen (secondary N) is 1. The lowest BCUT2D eigenvalue weighted by molar-refractivity contribution is 0.196. The van der Waals surface area contributed by atoms with Crippen molar-refractivity contribution in [3.8, 4) is 0 Å². The zero-order valence-electron chi connectivity index (χ0n) is 6.15. The predicted octanol–water partition coefficient (Wildman–Crippen LogP) is 0.714. The van der Waals surface area contributed by atoms with Crippen molar-refractivity contribution < 1.29 is 5.11 Å². The summed E-state index contributed by atoms with van der Waals surface area (Å²) >= 11 is 0. The van der Waals surface area contributed by atoms with Gasteiger partial charge in [0, 0.05) is 5.54 Å². The van der Waals surface area contributed by atoms with Crippen LogP contribution in [0.1, 0.15) is 26.7 Å². The van der Waals surface area contributed by atoms with E-state index in [1.165, 1.54) is 12.8 Å². The molecule has 0 aliphatic heterocycles. The molecule has 0 heterocycles. The van der Waals surface area contributed by atoms with Crippen molar-refractivity contribution in [2.24, 2.45) is 5.92 Å². The summed E-state index contributed by atoms with van der Waals surface area (Å²) in [6.07, 6.45) is 2.64. The molecule has 9 heavy (non-hydrogen) atoms. The molecule has 0 aromatic heterocycles. The summed E-state index contributed by atoms with van der Waals surface area (Å²) in [5.41, 5.74) is 0.161. The molecule has 0 bridgehead atoms. The predicted molar refractivity (Wildman–Crippen MR) is 37.0 cm³/mol. The second-order valence-electron chi connectivity index (χ2n) is 3.33. The highest BCUT2D eigenvalue weighted by Gasteiger charge is 2.36. The molecule has 1 aliphatic rings. The van der Waals surface area contributed by atoms with Gasteiger partial charge in [-0.15, -0.1) is 0 Å². The second kappa shape index (κ2) is 2.27. The lowest BCUT2D eigenvalue weighted by Crippen LogP contribution is -2.41. The molecule has 2 nitrogen and oxygen atoms in total. The van der Waals surface area contributed by atoms with Gasteiger partial charge in [0.25, 0.3) is 0 Å². The first-order chi connectivity index (χ1) is 4.17. The fraction of sp³-hybridized carbons (Fsp3) is 1.00.